The van der Waals surface area contributed by atoms with Gasteiger partial charge in [-0.1, -0.05) is 25.1 Å². The van der Waals surface area contributed by atoms with Gasteiger partial charge in [0, 0.05) is 42.9 Å². The van der Waals surface area contributed by atoms with Gasteiger partial charge in [-0.2, -0.15) is 0 Å². The lowest BCUT2D eigenvalue weighted by Crippen LogP contribution is -2.46. The van der Waals surface area contributed by atoms with Gasteiger partial charge >= 0.3 is 0 Å². The second-order valence-electron chi connectivity index (χ2n) is 7.35. The van der Waals surface area contributed by atoms with Crippen LogP contribution < -0.4 is 10.6 Å². The molecular weight excluding hydrogens is 310 g/mol. The number of hydrogen-bond acceptors (Lipinski definition) is 2. The first-order valence-corrected chi connectivity index (χ1v) is 9.42. The van der Waals surface area contributed by atoms with Crippen molar-refractivity contribution >= 4 is 16.9 Å². The zero-order chi connectivity index (χ0) is 17.8. The summed E-state index contributed by atoms with van der Waals surface area (Å²) in [4.78, 5) is 10.8. The summed E-state index contributed by atoms with van der Waals surface area (Å²) in [5.41, 5.74) is 2.31. The zero-order valence-electron chi connectivity index (χ0n) is 15.8. The predicted octanol–water partition coefficient (Wildman–Crippen LogP) is 2.95. The molecule has 3 N–H and O–H groups in total. The normalized spacial score (nSPS) is 22.0. The van der Waals surface area contributed by atoms with E-state index in [-0.39, 0.29) is 0 Å². The van der Waals surface area contributed by atoms with E-state index in [9.17, 15) is 0 Å². The van der Waals surface area contributed by atoms with Gasteiger partial charge in [0.15, 0.2) is 5.96 Å². The van der Waals surface area contributed by atoms with E-state index in [0.29, 0.717) is 24.5 Å². The van der Waals surface area contributed by atoms with Crippen LogP contribution >= 0.6 is 0 Å². The maximum Gasteiger partial charge on any atom is 0.191 e. The van der Waals surface area contributed by atoms with Gasteiger partial charge in [0.05, 0.1) is 6.54 Å². The third kappa shape index (κ3) is 4.34. The smallest absolute Gasteiger partial charge is 0.191 e. The molecule has 1 aromatic carbocycles. The quantitative estimate of drug-likeness (QED) is 0.579. The number of nitrogens with one attached hydrogen (secondary N) is 3. The number of aromatic nitrogens is 1. The summed E-state index contributed by atoms with van der Waals surface area (Å²) in [5, 5.41) is 8.26. The van der Waals surface area contributed by atoms with Gasteiger partial charge in [-0.15, -0.1) is 0 Å². The molecule has 3 rings (SSSR count). The van der Waals surface area contributed by atoms with Crippen molar-refractivity contribution in [3.63, 3.8) is 0 Å². The lowest BCUT2D eigenvalue weighted by molar-refractivity contribution is 0.265. The van der Waals surface area contributed by atoms with Crippen molar-refractivity contribution in [1.82, 2.24) is 20.5 Å². The molecule has 0 bridgehead atoms. The van der Waals surface area contributed by atoms with Crippen molar-refractivity contribution in [3.8, 4) is 0 Å². The first-order valence-electron chi connectivity index (χ1n) is 9.42. The number of rotatable bonds is 5. The van der Waals surface area contributed by atoms with Gasteiger partial charge < -0.3 is 15.6 Å². The number of guanidine groups is 1. The number of aromatic amines is 1. The molecule has 1 aliphatic rings. The Morgan fingerprint density at radius 3 is 2.80 bits per heavy atom. The molecule has 0 radical (unpaired) electrons. The molecule has 2 heterocycles. The van der Waals surface area contributed by atoms with E-state index < -0.39 is 0 Å². The molecule has 2 aromatic rings. The Labute approximate surface area is 150 Å². The van der Waals surface area contributed by atoms with E-state index in [1.165, 1.54) is 10.9 Å². The molecule has 2 atom stereocenters. The molecular formula is C20H31N5. The summed E-state index contributed by atoms with van der Waals surface area (Å²) in [7, 11) is 0. The molecule has 25 heavy (non-hydrogen) atoms. The Bertz CT molecular complexity index is 685. The van der Waals surface area contributed by atoms with Crippen molar-refractivity contribution in [2.24, 2.45) is 10.9 Å². The molecule has 0 amide bonds. The fraction of sp³-hybridized carbons (Fsp3) is 0.550. The molecule has 5 heteroatoms. The van der Waals surface area contributed by atoms with Crippen molar-refractivity contribution < 1.29 is 0 Å². The van der Waals surface area contributed by atoms with Crippen LogP contribution in [-0.2, 0) is 6.54 Å². The average Bonchev–Trinajstić information content (AvgIpc) is 3.16. The third-order valence-corrected chi connectivity index (χ3v) is 5.03. The number of para-hydroxylation sites is 1. The minimum Gasteiger partial charge on any atom is -0.357 e. The summed E-state index contributed by atoms with van der Waals surface area (Å²) in [6.45, 7) is 12.7. The lowest BCUT2D eigenvalue weighted by atomic mass is 10.1. The highest BCUT2D eigenvalue weighted by atomic mass is 15.3. The molecule has 1 aromatic heterocycles. The summed E-state index contributed by atoms with van der Waals surface area (Å²) in [6.07, 6.45) is 0. The number of nitrogens with zero attached hydrogens (tertiary/aromatic N) is 2. The molecule has 0 aliphatic carbocycles. The van der Waals surface area contributed by atoms with Crippen LogP contribution in [0.1, 0.15) is 33.4 Å². The van der Waals surface area contributed by atoms with Crippen LogP contribution in [-0.4, -0.2) is 47.6 Å². The van der Waals surface area contributed by atoms with Gasteiger partial charge in [-0.05, 0) is 44.2 Å². The van der Waals surface area contributed by atoms with Crippen LogP contribution in [0.4, 0.5) is 0 Å². The second kappa shape index (κ2) is 7.91. The Balaban J connectivity index is 1.66. The molecule has 136 valence electrons. The van der Waals surface area contributed by atoms with Gasteiger partial charge in [0.25, 0.3) is 0 Å². The fourth-order valence-electron chi connectivity index (χ4n) is 3.49. The van der Waals surface area contributed by atoms with Crippen molar-refractivity contribution in [2.75, 3.05) is 19.6 Å². The highest BCUT2D eigenvalue weighted by Crippen LogP contribution is 2.19. The van der Waals surface area contributed by atoms with E-state index in [1.807, 2.05) is 0 Å². The molecule has 5 nitrogen and oxygen atoms in total. The van der Waals surface area contributed by atoms with E-state index in [2.05, 4.69) is 78.5 Å². The van der Waals surface area contributed by atoms with Crippen LogP contribution in [0.5, 0.6) is 0 Å². The monoisotopic (exact) mass is 341 g/mol. The van der Waals surface area contributed by atoms with Crippen LogP contribution in [0.2, 0.25) is 0 Å². The number of hydrogen-bond donors (Lipinski definition) is 3. The summed E-state index contributed by atoms with van der Waals surface area (Å²) >= 11 is 0. The van der Waals surface area contributed by atoms with Crippen molar-refractivity contribution in [2.45, 2.75) is 46.3 Å². The minimum atomic E-state index is 0.447. The molecule has 1 fully saturated rings. The molecule has 0 saturated carbocycles. The molecule has 1 saturated heterocycles. The number of aliphatic imine (C=N–C) groups is 1. The number of benzene rings is 1. The lowest BCUT2D eigenvalue weighted by Gasteiger charge is -2.21. The van der Waals surface area contributed by atoms with Crippen molar-refractivity contribution in [3.05, 3.63) is 36.0 Å². The van der Waals surface area contributed by atoms with Gasteiger partial charge in [0.2, 0.25) is 0 Å². The third-order valence-electron chi connectivity index (χ3n) is 5.03. The number of likely N-dealkylation sites (tertiary alicyclic amines) is 1. The maximum absolute atomic E-state index is 4.79. The van der Waals surface area contributed by atoms with E-state index in [1.54, 1.807) is 0 Å². The fourth-order valence-corrected chi connectivity index (χ4v) is 3.49. The minimum absolute atomic E-state index is 0.447. The SMILES string of the molecule is CCNC(=NCc1cc2ccccc2[nH]1)NC1CN(C(C)C)CC1C. The second-order valence-corrected chi connectivity index (χ2v) is 7.35. The highest BCUT2D eigenvalue weighted by molar-refractivity contribution is 5.81. The van der Waals surface area contributed by atoms with Gasteiger partial charge in [-0.3, -0.25) is 4.90 Å². The summed E-state index contributed by atoms with van der Waals surface area (Å²) in [6, 6.07) is 11.6. The molecule has 0 spiro atoms. The zero-order valence-corrected chi connectivity index (χ0v) is 15.8. The van der Waals surface area contributed by atoms with E-state index in [0.717, 1.165) is 31.3 Å². The molecule has 1 aliphatic heterocycles. The topological polar surface area (TPSA) is 55.5 Å². The van der Waals surface area contributed by atoms with E-state index >= 15 is 0 Å². The van der Waals surface area contributed by atoms with E-state index in [4.69, 9.17) is 4.99 Å². The van der Waals surface area contributed by atoms with Crippen LogP contribution in [0.3, 0.4) is 0 Å². The summed E-state index contributed by atoms with van der Waals surface area (Å²) < 4.78 is 0. The van der Waals surface area contributed by atoms with Crippen LogP contribution in [0.25, 0.3) is 10.9 Å². The standard InChI is InChI=1S/C20H31N5/c1-5-21-20(24-19-13-25(14(2)3)12-15(19)4)22-11-17-10-16-8-6-7-9-18(16)23-17/h6-10,14-15,19,23H,5,11-13H2,1-4H3,(H2,21,22,24). The first kappa shape index (κ1) is 17.8. The van der Waals surface area contributed by atoms with Crippen LogP contribution in [0, 0.1) is 5.92 Å². The Morgan fingerprint density at radius 2 is 2.12 bits per heavy atom. The summed E-state index contributed by atoms with van der Waals surface area (Å²) in [5.74, 6) is 1.53. The number of fused-ring (bicyclic) bond motifs is 1. The van der Waals surface area contributed by atoms with Gasteiger partial charge in [0.1, 0.15) is 0 Å². The number of H-pyrrole nitrogens is 1. The Morgan fingerprint density at radius 1 is 1.32 bits per heavy atom. The first-order chi connectivity index (χ1) is 12.1. The largest absolute Gasteiger partial charge is 0.357 e. The predicted molar refractivity (Wildman–Crippen MR) is 106 cm³/mol. The average molecular weight is 342 g/mol. The van der Waals surface area contributed by atoms with Crippen molar-refractivity contribution in [1.29, 1.82) is 0 Å². The highest BCUT2D eigenvalue weighted by Gasteiger charge is 2.31. The van der Waals surface area contributed by atoms with Gasteiger partial charge in [-0.25, -0.2) is 4.99 Å². The molecule has 2 unspecified atom stereocenters. The Hall–Kier alpha value is -2.01. The maximum atomic E-state index is 4.79. The van der Waals surface area contributed by atoms with Crippen LogP contribution in [0.15, 0.2) is 35.3 Å². The Kier molecular flexibility index (Phi) is 5.63.